The summed E-state index contributed by atoms with van der Waals surface area (Å²) in [7, 11) is 3.76. The topological polar surface area (TPSA) is 52.6 Å². The Labute approximate surface area is 115 Å². The first-order valence-corrected chi connectivity index (χ1v) is 6.43. The van der Waals surface area contributed by atoms with Crippen molar-refractivity contribution in [3.05, 3.63) is 33.4 Å². The van der Waals surface area contributed by atoms with Crippen molar-refractivity contribution >= 4 is 28.5 Å². The Morgan fingerprint density at radius 2 is 2.00 bits per heavy atom. The van der Waals surface area contributed by atoms with E-state index in [0.717, 1.165) is 3.57 Å². The summed E-state index contributed by atoms with van der Waals surface area (Å²) in [5, 5.41) is 12.3. The molecule has 0 fully saturated rings. The molecule has 94 valence electrons. The van der Waals surface area contributed by atoms with Crippen LogP contribution in [0.3, 0.4) is 0 Å². The number of hydrogen-bond donors (Lipinski definition) is 2. The van der Waals surface area contributed by atoms with Crippen molar-refractivity contribution in [2.45, 2.75) is 6.10 Å². The van der Waals surface area contributed by atoms with Crippen molar-refractivity contribution in [3.63, 3.8) is 0 Å². The number of likely N-dealkylation sites (N-methyl/N-ethyl adjacent to an activating group) is 1. The maximum absolute atomic E-state index is 11.7. The van der Waals surface area contributed by atoms with Crippen LogP contribution >= 0.6 is 22.6 Å². The molecule has 0 spiro atoms. The quantitative estimate of drug-likeness (QED) is 0.779. The van der Waals surface area contributed by atoms with E-state index in [1.54, 1.807) is 12.1 Å². The van der Waals surface area contributed by atoms with Gasteiger partial charge in [0.1, 0.15) is 0 Å². The highest BCUT2D eigenvalue weighted by atomic mass is 127. The highest BCUT2D eigenvalue weighted by Crippen LogP contribution is 2.06. The predicted molar refractivity (Wildman–Crippen MR) is 76.1 cm³/mol. The van der Waals surface area contributed by atoms with Gasteiger partial charge in [-0.3, -0.25) is 4.79 Å². The van der Waals surface area contributed by atoms with Gasteiger partial charge in [-0.25, -0.2) is 0 Å². The molecule has 0 saturated carbocycles. The number of hydrogen-bond acceptors (Lipinski definition) is 3. The maximum atomic E-state index is 11.7. The first-order chi connectivity index (χ1) is 7.99. The summed E-state index contributed by atoms with van der Waals surface area (Å²) in [5.74, 6) is -0.154. The van der Waals surface area contributed by atoms with Gasteiger partial charge in [0.15, 0.2) is 0 Å². The lowest BCUT2D eigenvalue weighted by Gasteiger charge is -2.16. The molecule has 0 bridgehead atoms. The number of nitrogens with one attached hydrogen (secondary N) is 1. The molecular weight excluding hydrogens is 331 g/mol. The van der Waals surface area contributed by atoms with E-state index in [-0.39, 0.29) is 12.5 Å². The molecule has 0 aromatic heterocycles. The number of carbonyl (C=O) groups is 1. The van der Waals surface area contributed by atoms with Gasteiger partial charge in [-0.1, -0.05) is 0 Å². The smallest absolute Gasteiger partial charge is 0.251 e. The molecule has 1 amide bonds. The first kappa shape index (κ1) is 14.4. The Morgan fingerprint density at radius 3 is 2.53 bits per heavy atom. The third kappa shape index (κ3) is 5.47. The van der Waals surface area contributed by atoms with Crippen molar-refractivity contribution < 1.29 is 9.90 Å². The Bertz CT molecular complexity index is 365. The molecule has 17 heavy (non-hydrogen) atoms. The number of carbonyl (C=O) groups excluding carboxylic acids is 1. The van der Waals surface area contributed by atoms with Crippen LogP contribution in [-0.4, -0.2) is 49.2 Å². The number of aliphatic hydroxyl groups is 1. The minimum atomic E-state index is -0.544. The summed E-state index contributed by atoms with van der Waals surface area (Å²) < 4.78 is 1.09. The molecule has 0 saturated heterocycles. The van der Waals surface area contributed by atoms with Gasteiger partial charge in [-0.15, -0.1) is 0 Å². The fourth-order valence-corrected chi connectivity index (χ4v) is 1.76. The van der Waals surface area contributed by atoms with Gasteiger partial charge in [0.05, 0.1) is 6.10 Å². The highest BCUT2D eigenvalue weighted by Gasteiger charge is 2.09. The van der Waals surface area contributed by atoms with E-state index in [4.69, 9.17) is 0 Å². The Kier molecular flexibility index (Phi) is 5.87. The average Bonchev–Trinajstić information content (AvgIpc) is 2.26. The number of amides is 1. The number of halogens is 1. The van der Waals surface area contributed by atoms with Gasteiger partial charge >= 0.3 is 0 Å². The molecular formula is C12H17IN2O2. The molecule has 0 aliphatic rings. The predicted octanol–water partition coefficient (Wildman–Crippen LogP) is 0.943. The molecule has 1 aromatic rings. The molecule has 1 atom stereocenters. The monoisotopic (exact) mass is 348 g/mol. The third-order valence-electron chi connectivity index (χ3n) is 2.18. The second-order valence-corrected chi connectivity index (χ2v) is 5.38. The van der Waals surface area contributed by atoms with Crippen molar-refractivity contribution in [1.29, 1.82) is 0 Å². The van der Waals surface area contributed by atoms with Crippen molar-refractivity contribution in [2.75, 3.05) is 27.2 Å². The van der Waals surface area contributed by atoms with Gasteiger partial charge in [0.25, 0.3) is 5.91 Å². The summed E-state index contributed by atoms with van der Waals surface area (Å²) in [6, 6.07) is 7.31. The molecule has 1 aromatic carbocycles. The van der Waals surface area contributed by atoms with Gasteiger partial charge in [-0.2, -0.15) is 0 Å². The van der Waals surface area contributed by atoms with E-state index in [1.807, 2.05) is 31.1 Å². The Hall–Kier alpha value is -0.660. The van der Waals surface area contributed by atoms with Crippen LogP contribution in [0.4, 0.5) is 0 Å². The van der Waals surface area contributed by atoms with Crippen molar-refractivity contribution in [2.24, 2.45) is 0 Å². The Balaban J connectivity index is 2.42. The zero-order valence-corrected chi connectivity index (χ0v) is 12.1. The summed E-state index contributed by atoms with van der Waals surface area (Å²) in [6.07, 6.45) is -0.544. The van der Waals surface area contributed by atoms with Crippen LogP contribution in [0.15, 0.2) is 24.3 Å². The Morgan fingerprint density at radius 1 is 1.41 bits per heavy atom. The molecule has 1 unspecified atom stereocenters. The van der Waals surface area contributed by atoms with Crippen LogP contribution in [0.2, 0.25) is 0 Å². The van der Waals surface area contributed by atoms with E-state index >= 15 is 0 Å². The molecule has 0 aliphatic carbocycles. The van der Waals surface area contributed by atoms with Crippen molar-refractivity contribution in [1.82, 2.24) is 10.2 Å². The van der Waals surface area contributed by atoms with Gasteiger partial charge in [0, 0.05) is 22.2 Å². The number of rotatable bonds is 5. The second kappa shape index (κ2) is 6.93. The molecule has 0 heterocycles. The lowest BCUT2D eigenvalue weighted by Crippen LogP contribution is -2.37. The van der Waals surface area contributed by atoms with Crippen LogP contribution in [0.5, 0.6) is 0 Å². The van der Waals surface area contributed by atoms with Gasteiger partial charge in [0.2, 0.25) is 0 Å². The largest absolute Gasteiger partial charge is 0.390 e. The number of nitrogens with zero attached hydrogens (tertiary/aromatic N) is 1. The fraction of sp³-hybridized carbons (Fsp3) is 0.417. The molecule has 0 radical (unpaired) electrons. The molecule has 4 nitrogen and oxygen atoms in total. The minimum absolute atomic E-state index is 0.154. The lowest BCUT2D eigenvalue weighted by molar-refractivity contribution is 0.0892. The van der Waals surface area contributed by atoms with E-state index in [0.29, 0.717) is 12.1 Å². The summed E-state index contributed by atoms with van der Waals surface area (Å²) in [6.45, 7) is 0.802. The second-order valence-electron chi connectivity index (χ2n) is 4.13. The van der Waals surface area contributed by atoms with Crippen LogP contribution in [0.1, 0.15) is 10.4 Å². The average molecular weight is 348 g/mol. The molecule has 0 aliphatic heterocycles. The van der Waals surface area contributed by atoms with E-state index in [1.165, 1.54) is 0 Å². The number of aliphatic hydroxyl groups excluding tert-OH is 1. The van der Waals surface area contributed by atoms with Gasteiger partial charge < -0.3 is 15.3 Å². The SMILES string of the molecule is CN(C)CC(O)CNC(=O)c1ccc(I)cc1. The zero-order chi connectivity index (χ0) is 12.8. The van der Waals surface area contributed by atoms with Crippen LogP contribution < -0.4 is 5.32 Å². The third-order valence-corrected chi connectivity index (χ3v) is 2.90. The maximum Gasteiger partial charge on any atom is 0.251 e. The number of benzene rings is 1. The van der Waals surface area contributed by atoms with Crippen LogP contribution in [0.25, 0.3) is 0 Å². The first-order valence-electron chi connectivity index (χ1n) is 5.35. The van der Waals surface area contributed by atoms with Crippen LogP contribution in [0, 0.1) is 3.57 Å². The summed E-state index contributed by atoms with van der Waals surface area (Å²) in [4.78, 5) is 13.6. The lowest BCUT2D eigenvalue weighted by atomic mass is 10.2. The van der Waals surface area contributed by atoms with Gasteiger partial charge in [-0.05, 0) is 61.0 Å². The fourth-order valence-electron chi connectivity index (χ4n) is 1.40. The minimum Gasteiger partial charge on any atom is -0.390 e. The van der Waals surface area contributed by atoms with Crippen LogP contribution in [-0.2, 0) is 0 Å². The van der Waals surface area contributed by atoms with E-state index < -0.39 is 6.10 Å². The molecule has 5 heteroatoms. The molecule has 2 N–H and O–H groups in total. The standard InChI is InChI=1S/C12H17IN2O2/c1-15(2)8-11(16)7-14-12(17)9-3-5-10(13)6-4-9/h3-6,11,16H,7-8H2,1-2H3,(H,14,17). The highest BCUT2D eigenvalue weighted by molar-refractivity contribution is 14.1. The summed E-state index contributed by atoms with van der Waals surface area (Å²) in [5.41, 5.74) is 0.613. The van der Waals surface area contributed by atoms with E-state index in [9.17, 15) is 9.90 Å². The molecule has 1 rings (SSSR count). The normalized spacial score (nSPS) is 12.5. The van der Waals surface area contributed by atoms with Crippen molar-refractivity contribution in [3.8, 4) is 0 Å². The van der Waals surface area contributed by atoms with E-state index in [2.05, 4.69) is 27.9 Å². The summed E-state index contributed by atoms with van der Waals surface area (Å²) >= 11 is 2.19. The zero-order valence-electron chi connectivity index (χ0n) is 9.98.